The first-order valence-corrected chi connectivity index (χ1v) is 15.7. The summed E-state index contributed by atoms with van der Waals surface area (Å²) in [5, 5.41) is 0.550. The number of halogens is 8. The van der Waals surface area contributed by atoms with Gasteiger partial charge in [-0.05, 0) is 55.2 Å². The molecule has 0 saturated carbocycles. The smallest absolute Gasteiger partial charge is 0.345 e. The van der Waals surface area contributed by atoms with E-state index >= 15 is 0 Å². The van der Waals surface area contributed by atoms with Crippen LogP contribution in [0.4, 0.5) is 36.8 Å². The Balaban J connectivity index is 0.00000625. The van der Waals surface area contributed by atoms with Gasteiger partial charge in [-0.15, -0.1) is 0 Å². The number of piperazine rings is 1. The summed E-state index contributed by atoms with van der Waals surface area (Å²) in [6, 6.07) is 4.32. The summed E-state index contributed by atoms with van der Waals surface area (Å²) in [6.45, 7) is 4.79. The van der Waals surface area contributed by atoms with Gasteiger partial charge in [0.05, 0.1) is 27.2 Å². The maximum Gasteiger partial charge on any atom is 0.416 e. The Morgan fingerprint density at radius 3 is 1.96 bits per heavy atom. The average Bonchev–Trinajstić information content (AvgIpc) is 3.00. The number of anilines is 1. The van der Waals surface area contributed by atoms with Crippen molar-refractivity contribution < 1.29 is 73.4 Å². The quantitative estimate of drug-likeness (QED) is 0.224. The molecule has 4 amide bonds. The van der Waals surface area contributed by atoms with Crippen LogP contribution in [-0.4, -0.2) is 78.4 Å². The predicted molar refractivity (Wildman–Crippen MR) is 166 cm³/mol. The third-order valence-electron chi connectivity index (χ3n) is 8.44. The molecule has 0 spiro atoms. The van der Waals surface area contributed by atoms with Crippen LogP contribution in [0.15, 0.2) is 36.4 Å². The summed E-state index contributed by atoms with van der Waals surface area (Å²) in [7, 11) is 1.11. The van der Waals surface area contributed by atoms with Crippen molar-refractivity contribution in [2.45, 2.75) is 57.9 Å². The molecule has 0 aliphatic carbocycles. The van der Waals surface area contributed by atoms with E-state index in [0.717, 1.165) is 17.9 Å². The van der Waals surface area contributed by atoms with Gasteiger partial charge >= 0.3 is 18.4 Å². The fraction of sp³-hybridized carbons (Fsp3) is 0.500. The van der Waals surface area contributed by atoms with Gasteiger partial charge in [0, 0.05) is 84.1 Å². The summed E-state index contributed by atoms with van der Waals surface area (Å²) in [4.78, 5) is 45.4. The Labute approximate surface area is 310 Å². The molecule has 1 atom stereocenters. The van der Waals surface area contributed by atoms with Crippen molar-refractivity contribution in [3.05, 3.63) is 69.1 Å². The zero-order chi connectivity index (χ0) is 34.8. The van der Waals surface area contributed by atoms with Crippen LogP contribution in [0.25, 0.3) is 0 Å². The van der Waals surface area contributed by atoms with Gasteiger partial charge in [0.25, 0.3) is 0 Å². The summed E-state index contributed by atoms with van der Waals surface area (Å²) >= 11 is 12.3. The molecular formula is C32H35Cl2F6N4O3Y-. The number of carbonyl (C=O) groups is 3. The minimum Gasteiger partial charge on any atom is -0.345 e. The van der Waals surface area contributed by atoms with E-state index in [0.29, 0.717) is 55.1 Å². The number of nitrogens with zero attached hydrogens (tertiary/aromatic N) is 4. The van der Waals surface area contributed by atoms with E-state index in [1.165, 1.54) is 4.90 Å². The molecule has 0 N–H and O–H groups in total. The first-order valence-electron chi connectivity index (χ1n) is 15.0. The first kappa shape index (κ1) is 40.3. The molecule has 1 radical (unpaired) electrons. The van der Waals surface area contributed by atoms with Crippen LogP contribution in [0.2, 0.25) is 10.0 Å². The number of likely N-dealkylation sites (tertiary alicyclic amines) is 1. The van der Waals surface area contributed by atoms with E-state index in [4.69, 9.17) is 23.2 Å². The van der Waals surface area contributed by atoms with Crippen LogP contribution in [0.1, 0.15) is 49.8 Å². The summed E-state index contributed by atoms with van der Waals surface area (Å²) in [5.41, 5.74) is -3.01. The zero-order valence-electron chi connectivity index (χ0n) is 26.6. The first-order chi connectivity index (χ1) is 21.8. The molecule has 2 aromatic rings. The minimum atomic E-state index is -5.08. The molecular weight excluding hydrogens is 762 g/mol. The van der Waals surface area contributed by atoms with Crippen molar-refractivity contribution in [3.63, 3.8) is 0 Å². The Morgan fingerprint density at radius 1 is 0.854 bits per heavy atom. The SMILES string of the molecule is C[C-](C)CC(=O)N1CCC(C(=O)N2CCN(C(=O)N(C)c3cc(C(F)(F)F)cc(C(F)(F)F)c3)[C@H](Cc3ccc(Cl)c(Cl)c3)C2)CC1.[Y]. The third kappa shape index (κ3) is 10.0. The minimum absolute atomic E-state index is 0. The summed E-state index contributed by atoms with van der Waals surface area (Å²) < 4.78 is 81.3. The molecule has 0 aromatic heterocycles. The molecule has 0 unspecified atom stereocenters. The van der Waals surface area contributed by atoms with E-state index in [1.807, 2.05) is 13.8 Å². The number of hydrogen-bond acceptors (Lipinski definition) is 3. The molecule has 2 heterocycles. The van der Waals surface area contributed by atoms with E-state index in [2.05, 4.69) is 0 Å². The van der Waals surface area contributed by atoms with Crippen LogP contribution in [-0.2, 0) is 61.1 Å². The Hall–Kier alpha value is -2.09. The standard InChI is InChI=1S/C32H35Cl2F6N4O3.Y/c1-19(2)12-28(45)42-8-6-21(7-9-42)29(46)43-10-11-44(25(18-43)13-20-4-5-26(33)27(34)14-20)30(47)41(3)24-16-22(31(35,36)37)15-23(17-24)32(38,39)40;/h4-5,14-17,21,25H,6-13,18H2,1-3H3;/q-1;/t25-;/m1./s1. The fourth-order valence-corrected chi connectivity index (χ4v) is 6.22. The Morgan fingerprint density at radius 2 is 1.44 bits per heavy atom. The van der Waals surface area contributed by atoms with Gasteiger partial charge in [0.2, 0.25) is 5.91 Å². The number of carbonyl (C=O) groups excluding carboxylic acids is 3. The van der Waals surface area contributed by atoms with Gasteiger partial charge in [-0.25, -0.2) is 4.79 Å². The number of rotatable bonds is 6. The second-order valence-corrected chi connectivity index (χ2v) is 13.0. The molecule has 0 bridgehead atoms. The average molecular weight is 797 g/mol. The third-order valence-corrected chi connectivity index (χ3v) is 9.18. The molecule has 2 saturated heterocycles. The fourth-order valence-electron chi connectivity index (χ4n) is 5.90. The molecule has 7 nitrogen and oxygen atoms in total. The van der Waals surface area contributed by atoms with E-state index in [1.54, 1.807) is 28.0 Å². The molecule has 2 aliphatic rings. The molecule has 2 aliphatic heterocycles. The van der Waals surface area contributed by atoms with Crippen LogP contribution in [0.3, 0.4) is 0 Å². The zero-order valence-corrected chi connectivity index (χ0v) is 30.9. The Kier molecular flexibility index (Phi) is 13.7. The number of alkyl halides is 6. The maximum atomic E-state index is 13.8. The van der Waals surface area contributed by atoms with Gasteiger partial charge in [-0.3, -0.25) is 14.5 Å². The number of urea groups is 1. The number of amides is 4. The van der Waals surface area contributed by atoms with E-state index in [9.17, 15) is 40.7 Å². The van der Waals surface area contributed by atoms with Crippen molar-refractivity contribution in [1.82, 2.24) is 14.7 Å². The molecule has 16 heteroatoms. The number of hydrogen-bond donors (Lipinski definition) is 0. The van der Waals surface area contributed by atoms with Crippen molar-refractivity contribution in [2.75, 3.05) is 44.7 Å². The topological polar surface area (TPSA) is 64.2 Å². The van der Waals surface area contributed by atoms with Crippen LogP contribution in [0.5, 0.6) is 0 Å². The Bertz CT molecular complexity index is 1450. The van der Waals surface area contributed by atoms with Crippen molar-refractivity contribution in [2.24, 2.45) is 5.92 Å². The summed E-state index contributed by atoms with van der Waals surface area (Å²) in [6.07, 6.45) is -8.69. The van der Waals surface area contributed by atoms with Gasteiger partial charge in [-0.1, -0.05) is 35.7 Å². The van der Waals surface area contributed by atoms with Gasteiger partial charge in [0.15, 0.2) is 5.91 Å². The molecule has 2 fully saturated rings. The van der Waals surface area contributed by atoms with Crippen LogP contribution < -0.4 is 4.90 Å². The molecule has 2 aromatic carbocycles. The number of benzene rings is 2. The van der Waals surface area contributed by atoms with Crippen LogP contribution in [0, 0.1) is 11.8 Å². The monoisotopic (exact) mass is 796 g/mol. The van der Waals surface area contributed by atoms with Gasteiger partial charge in [0.1, 0.15) is 0 Å². The second-order valence-electron chi connectivity index (χ2n) is 12.2. The molecule has 48 heavy (non-hydrogen) atoms. The maximum absolute atomic E-state index is 13.8. The second kappa shape index (κ2) is 16.3. The van der Waals surface area contributed by atoms with Crippen molar-refractivity contribution in [1.29, 1.82) is 0 Å². The van der Waals surface area contributed by atoms with Crippen LogP contribution >= 0.6 is 23.2 Å². The molecule has 261 valence electrons. The van der Waals surface area contributed by atoms with E-state index in [-0.39, 0.29) is 87.6 Å². The predicted octanol–water partition coefficient (Wildman–Crippen LogP) is 7.58. The number of piperidine rings is 1. The van der Waals surface area contributed by atoms with Gasteiger partial charge < -0.3 is 20.6 Å². The van der Waals surface area contributed by atoms with Gasteiger partial charge in [-0.2, -0.15) is 40.2 Å². The van der Waals surface area contributed by atoms with Crippen molar-refractivity contribution >= 4 is 46.7 Å². The largest absolute Gasteiger partial charge is 0.416 e. The summed E-state index contributed by atoms with van der Waals surface area (Å²) in [5.74, 6) is 0.528. The molecule has 4 rings (SSSR count). The van der Waals surface area contributed by atoms with Crippen molar-refractivity contribution in [3.8, 4) is 0 Å². The normalized spacial score (nSPS) is 17.8. The van der Waals surface area contributed by atoms with E-state index < -0.39 is 41.2 Å².